The van der Waals surface area contributed by atoms with Crippen LogP contribution in [0.3, 0.4) is 0 Å². The van der Waals surface area contributed by atoms with E-state index in [1.165, 1.54) is 25.3 Å². The summed E-state index contributed by atoms with van der Waals surface area (Å²) < 4.78 is 42.5. The Balaban J connectivity index is 0.000000235. The maximum atomic E-state index is 12.4. The minimum Gasteiger partial charge on any atom is -0.400 e. The number of nitrogens with one attached hydrogen (secondary N) is 1. The predicted molar refractivity (Wildman–Crippen MR) is 131 cm³/mol. The molecule has 8 heteroatoms. The lowest BCUT2D eigenvalue weighted by atomic mass is 9.77. The standard InChI is InChI=1S/C15H25NO2.C11H14F3N.CH4O/c1-11(17)15-6-2-3-12(15)9-14(10-15)16-13-4-7-18-8-5-13;1-3-5-10-8(4-2)6-9(7-15-10)11(12,13)14;1-2/h12-14,16H,2-10H2,1H3;6-7H,3-5H2,1-2H3;2H,1H3. The molecule has 0 bridgehead atoms. The largest absolute Gasteiger partial charge is 0.417 e. The molecular formula is C27H43F3N2O3. The van der Waals surface area contributed by atoms with Crippen LogP contribution in [0.5, 0.6) is 0 Å². The molecule has 0 radical (unpaired) electrons. The summed E-state index contributed by atoms with van der Waals surface area (Å²) in [5.41, 5.74) is 0.877. The first-order valence-electron chi connectivity index (χ1n) is 13.0. The highest BCUT2D eigenvalue weighted by Crippen LogP contribution is 2.54. The fourth-order valence-electron chi connectivity index (χ4n) is 6.02. The van der Waals surface area contributed by atoms with E-state index < -0.39 is 11.7 Å². The zero-order valence-electron chi connectivity index (χ0n) is 21.7. The topological polar surface area (TPSA) is 71.5 Å². The van der Waals surface area contributed by atoms with Gasteiger partial charge in [0, 0.05) is 49.7 Å². The Bertz CT molecular complexity index is 796. The van der Waals surface area contributed by atoms with E-state index in [9.17, 15) is 18.0 Å². The molecule has 3 fully saturated rings. The summed E-state index contributed by atoms with van der Waals surface area (Å²) in [6.45, 7) is 7.43. The van der Waals surface area contributed by atoms with Crippen LogP contribution in [0.15, 0.2) is 12.3 Å². The maximum absolute atomic E-state index is 12.4. The van der Waals surface area contributed by atoms with Crippen LogP contribution >= 0.6 is 0 Å². The fourth-order valence-corrected chi connectivity index (χ4v) is 6.02. The third kappa shape index (κ3) is 7.73. The second-order valence-corrected chi connectivity index (χ2v) is 9.92. The average molecular weight is 501 g/mol. The Morgan fingerprint density at radius 2 is 1.89 bits per heavy atom. The van der Waals surface area contributed by atoms with Gasteiger partial charge in [0.2, 0.25) is 0 Å². The number of hydrogen-bond donors (Lipinski definition) is 2. The van der Waals surface area contributed by atoms with E-state index in [1.807, 2.05) is 20.8 Å². The first kappa shape index (κ1) is 29.7. The molecule has 2 heterocycles. The van der Waals surface area contributed by atoms with Gasteiger partial charge in [-0.05, 0) is 75.8 Å². The van der Waals surface area contributed by atoms with E-state index in [-0.39, 0.29) is 5.41 Å². The lowest BCUT2D eigenvalue weighted by Gasteiger charge is -2.28. The van der Waals surface area contributed by atoms with Crippen molar-refractivity contribution in [2.24, 2.45) is 11.3 Å². The molecule has 1 aliphatic heterocycles. The van der Waals surface area contributed by atoms with Crippen LogP contribution in [0.1, 0.15) is 89.0 Å². The molecule has 35 heavy (non-hydrogen) atoms. The minimum absolute atomic E-state index is 0.0445. The van der Waals surface area contributed by atoms with Crippen LogP contribution in [0.2, 0.25) is 0 Å². The average Bonchev–Trinajstić information content (AvgIpc) is 3.40. The van der Waals surface area contributed by atoms with Gasteiger partial charge >= 0.3 is 6.18 Å². The number of hydrogen-bond acceptors (Lipinski definition) is 5. The van der Waals surface area contributed by atoms with Crippen LogP contribution < -0.4 is 5.32 Å². The van der Waals surface area contributed by atoms with Gasteiger partial charge in [0.1, 0.15) is 5.78 Å². The number of aromatic nitrogens is 1. The molecular weight excluding hydrogens is 457 g/mol. The molecule has 5 nitrogen and oxygen atoms in total. The number of carbonyl (C=O) groups is 1. The summed E-state index contributed by atoms with van der Waals surface area (Å²) in [4.78, 5) is 15.9. The van der Waals surface area contributed by atoms with E-state index in [1.54, 1.807) is 0 Å². The van der Waals surface area contributed by atoms with Crippen LogP contribution in [0.25, 0.3) is 0 Å². The van der Waals surface area contributed by atoms with E-state index in [0.29, 0.717) is 35.8 Å². The number of Topliss-reactive ketones (excluding diaryl/α,β-unsaturated/α-hetero) is 1. The normalized spacial score (nSPS) is 26.3. The Morgan fingerprint density at radius 3 is 2.43 bits per heavy atom. The van der Waals surface area contributed by atoms with Crippen molar-refractivity contribution < 1.29 is 27.8 Å². The molecule has 1 aromatic rings. The number of nitrogens with zero attached hydrogens (tertiary/aromatic N) is 1. The molecule has 4 rings (SSSR count). The molecule has 0 aromatic carbocycles. The number of fused-ring (bicyclic) bond motifs is 1. The lowest BCUT2D eigenvalue weighted by Crippen LogP contribution is -2.41. The van der Waals surface area contributed by atoms with Gasteiger partial charge in [0.15, 0.2) is 0 Å². The number of pyridine rings is 1. The van der Waals surface area contributed by atoms with Gasteiger partial charge in [-0.3, -0.25) is 9.78 Å². The zero-order valence-corrected chi connectivity index (χ0v) is 21.7. The van der Waals surface area contributed by atoms with Crippen LogP contribution in [-0.4, -0.2) is 48.3 Å². The Hall–Kier alpha value is -1.51. The van der Waals surface area contributed by atoms with Crippen molar-refractivity contribution in [1.82, 2.24) is 10.3 Å². The summed E-state index contributed by atoms with van der Waals surface area (Å²) in [5.74, 6) is 1.11. The molecule has 3 atom stereocenters. The number of ether oxygens (including phenoxy) is 1. The summed E-state index contributed by atoms with van der Waals surface area (Å²) in [6, 6.07) is 2.40. The molecule has 2 N–H and O–H groups in total. The van der Waals surface area contributed by atoms with Gasteiger partial charge in [-0.1, -0.05) is 26.7 Å². The maximum Gasteiger partial charge on any atom is 0.417 e. The number of aryl methyl sites for hydroxylation is 2. The smallest absolute Gasteiger partial charge is 0.400 e. The number of carbonyl (C=O) groups excluding carboxylic acids is 1. The van der Waals surface area contributed by atoms with Crippen molar-refractivity contribution in [3.8, 4) is 0 Å². The molecule has 1 saturated heterocycles. The summed E-state index contributed by atoms with van der Waals surface area (Å²) in [5, 5.41) is 10.8. The third-order valence-corrected chi connectivity index (χ3v) is 7.79. The Labute approximate surface area is 208 Å². The highest BCUT2D eigenvalue weighted by Gasteiger charge is 2.53. The number of alkyl halides is 3. The van der Waals surface area contributed by atoms with E-state index >= 15 is 0 Å². The molecule has 1 aromatic heterocycles. The van der Waals surface area contributed by atoms with Crippen LogP contribution in [-0.2, 0) is 28.5 Å². The number of aliphatic hydroxyl groups excluding tert-OH is 1. The number of rotatable bonds is 6. The van der Waals surface area contributed by atoms with Crippen molar-refractivity contribution >= 4 is 5.78 Å². The number of aliphatic hydroxyl groups is 1. The van der Waals surface area contributed by atoms with E-state index in [0.717, 1.165) is 70.7 Å². The second kappa shape index (κ2) is 13.7. The molecule has 3 aliphatic rings. The first-order valence-corrected chi connectivity index (χ1v) is 13.0. The molecule has 2 saturated carbocycles. The third-order valence-electron chi connectivity index (χ3n) is 7.79. The highest BCUT2D eigenvalue weighted by atomic mass is 19.4. The molecule has 3 unspecified atom stereocenters. The zero-order chi connectivity index (χ0) is 26.1. The van der Waals surface area contributed by atoms with Crippen molar-refractivity contribution in [2.45, 2.75) is 103 Å². The Morgan fingerprint density at radius 1 is 1.20 bits per heavy atom. The fraction of sp³-hybridized carbons (Fsp3) is 0.778. The van der Waals surface area contributed by atoms with Crippen molar-refractivity contribution in [3.05, 3.63) is 29.1 Å². The second-order valence-electron chi connectivity index (χ2n) is 9.92. The van der Waals surface area contributed by atoms with Crippen molar-refractivity contribution in [1.29, 1.82) is 0 Å². The van der Waals surface area contributed by atoms with E-state index in [2.05, 4.69) is 10.3 Å². The summed E-state index contributed by atoms with van der Waals surface area (Å²) in [6.07, 6.45) is 7.09. The minimum atomic E-state index is -4.29. The quantitative estimate of drug-likeness (QED) is 0.538. The van der Waals surface area contributed by atoms with Crippen LogP contribution in [0.4, 0.5) is 13.2 Å². The lowest BCUT2D eigenvalue weighted by molar-refractivity contribution is -0.137. The number of ketones is 1. The number of halogens is 3. The van der Waals surface area contributed by atoms with Crippen molar-refractivity contribution in [2.75, 3.05) is 20.3 Å². The highest BCUT2D eigenvalue weighted by molar-refractivity contribution is 5.83. The van der Waals surface area contributed by atoms with Gasteiger partial charge < -0.3 is 15.2 Å². The van der Waals surface area contributed by atoms with Gasteiger partial charge in [-0.15, -0.1) is 0 Å². The van der Waals surface area contributed by atoms with Gasteiger partial charge in [-0.25, -0.2) is 0 Å². The molecule has 200 valence electrons. The summed E-state index contributed by atoms with van der Waals surface area (Å²) in [7, 11) is 1.00. The van der Waals surface area contributed by atoms with Gasteiger partial charge in [-0.2, -0.15) is 13.2 Å². The van der Waals surface area contributed by atoms with Crippen molar-refractivity contribution in [3.63, 3.8) is 0 Å². The predicted octanol–water partition coefficient (Wildman–Crippen LogP) is 5.52. The SMILES string of the molecule is CC(=O)C12CCCC1CC(NC1CCOCC1)C2.CCCc1ncc(C(F)(F)F)cc1CC.CO. The van der Waals surface area contributed by atoms with Gasteiger partial charge in [0.05, 0.1) is 5.56 Å². The monoisotopic (exact) mass is 500 g/mol. The molecule has 0 amide bonds. The molecule has 2 aliphatic carbocycles. The molecule has 0 spiro atoms. The summed E-state index contributed by atoms with van der Waals surface area (Å²) >= 11 is 0. The first-order chi connectivity index (χ1) is 16.7. The Kier molecular flexibility index (Phi) is 11.6. The van der Waals surface area contributed by atoms with E-state index in [4.69, 9.17) is 9.84 Å². The van der Waals surface area contributed by atoms with Crippen LogP contribution in [0, 0.1) is 11.3 Å². The van der Waals surface area contributed by atoms with Gasteiger partial charge in [0.25, 0.3) is 0 Å².